The fourth-order valence-electron chi connectivity index (χ4n) is 4.35. The molecular formula is C21H30ClN3O4S. The minimum Gasteiger partial charge on any atom is -0.351 e. The van der Waals surface area contributed by atoms with Crippen LogP contribution < -0.4 is 10.2 Å². The summed E-state index contributed by atoms with van der Waals surface area (Å²) in [6, 6.07) is 6.84. The maximum Gasteiger partial charge on any atom is 0.247 e. The third-order valence-electron chi connectivity index (χ3n) is 6.03. The van der Waals surface area contributed by atoms with E-state index in [9.17, 15) is 18.0 Å². The van der Waals surface area contributed by atoms with Crippen molar-refractivity contribution in [3.63, 3.8) is 0 Å². The molecule has 2 fully saturated rings. The molecule has 1 aromatic rings. The van der Waals surface area contributed by atoms with E-state index in [1.54, 1.807) is 31.2 Å². The molecule has 2 amide bonds. The number of amides is 2. The zero-order valence-corrected chi connectivity index (χ0v) is 19.1. The predicted molar refractivity (Wildman–Crippen MR) is 118 cm³/mol. The van der Waals surface area contributed by atoms with Crippen molar-refractivity contribution in [2.45, 2.75) is 63.5 Å². The Morgan fingerprint density at radius 3 is 2.33 bits per heavy atom. The van der Waals surface area contributed by atoms with E-state index in [0.29, 0.717) is 10.7 Å². The lowest BCUT2D eigenvalue weighted by Gasteiger charge is -2.47. The van der Waals surface area contributed by atoms with Crippen LogP contribution in [0.3, 0.4) is 0 Å². The number of hydrogen-bond donors (Lipinski definition) is 1. The summed E-state index contributed by atoms with van der Waals surface area (Å²) in [4.78, 5) is 28.0. The Hall–Kier alpha value is -1.64. The smallest absolute Gasteiger partial charge is 0.247 e. The number of piperazine rings is 1. The monoisotopic (exact) mass is 455 g/mol. The van der Waals surface area contributed by atoms with Gasteiger partial charge in [0.05, 0.1) is 23.5 Å². The van der Waals surface area contributed by atoms with Gasteiger partial charge in [0, 0.05) is 12.6 Å². The second-order valence-electron chi connectivity index (χ2n) is 8.50. The molecule has 1 N–H and O–H groups in total. The van der Waals surface area contributed by atoms with Gasteiger partial charge in [-0.15, -0.1) is 0 Å². The van der Waals surface area contributed by atoms with Crippen LogP contribution in [0.15, 0.2) is 24.3 Å². The molecule has 166 valence electrons. The van der Waals surface area contributed by atoms with Gasteiger partial charge < -0.3 is 5.32 Å². The number of sulfonamides is 1. The van der Waals surface area contributed by atoms with Gasteiger partial charge in [-0.2, -0.15) is 4.31 Å². The van der Waals surface area contributed by atoms with Crippen LogP contribution in [0.4, 0.5) is 5.69 Å². The third kappa shape index (κ3) is 4.98. The summed E-state index contributed by atoms with van der Waals surface area (Å²) in [5.41, 5.74) is -1.00. The molecule has 1 saturated carbocycles. The normalized spacial score (nSPS) is 24.9. The number of nitrogens with zero attached hydrogens (tertiary/aromatic N) is 2. The highest BCUT2D eigenvalue weighted by molar-refractivity contribution is 7.88. The van der Waals surface area contributed by atoms with Gasteiger partial charge >= 0.3 is 0 Å². The number of hydrogen-bond acceptors (Lipinski definition) is 4. The summed E-state index contributed by atoms with van der Waals surface area (Å²) >= 11 is 6.36. The molecule has 1 heterocycles. The first-order valence-corrected chi connectivity index (χ1v) is 12.7. The van der Waals surface area contributed by atoms with Crippen LogP contribution in [0.5, 0.6) is 0 Å². The zero-order valence-electron chi connectivity index (χ0n) is 17.6. The van der Waals surface area contributed by atoms with Gasteiger partial charge in [0.2, 0.25) is 21.8 Å². The molecule has 3 rings (SSSR count). The second kappa shape index (κ2) is 9.24. The Bertz CT molecular complexity index is 899. The number of rotatable bonds is 4. The lowest BCUT2D eigenvalue weighted by atomic mass is 9.92. The number of anilines is 1. The Morgan fingerprint density at radius 1 is 1.13 bits per heavy atom. The van der Waals surface area contributed by atoms with Gasteiger partial charge in [0.1, 0.15) is 5.54 Å². The van der Waals surface area contributed by atoms with E-state index < -0.39 is 21.5 Å². The SMILES string of the molecule is C[C@]1(C(=O)NC2CCCCCCC2)CN(S(C)(=O)=O)CC(=O)N1c1ccccc1Cl. The molecule has 1 aliphatic carbocycles. The molecule has 30 heavy (non-hydrogen) atoms. The lowest BCUT2D eigenvalue weighted by molar-refractivity contribution is -0.133. The molecule has 9 heteroatoms. The van der Waals surface area contributed by atoms with Crippen LogP contribution in [0.25, 0.3) is 0 Å². The summed E-state index contributed by atoms with van der Waals surface area (Å²) in [7, 11) is -3.65. The van der Waals surface area contributed by atoms with E-state index in [1.807, 2.05) is 0 Å². The number of carbonyl (C=O) groups excluding carboxylic acids is 2. The Morgan fingerprint density at radius 2 is 1.73 bits per heavy atom. The average Bonchev–Trinajstić information content (AvgIpc) is 2.64. The van der Waals surface area contributed by atoms with Crippen molar-refractivity contribution in [3.05, 3.63) is 29.3 Å². The average molecular weight is 456 g/mol. The molecule has 1 aromatic carbocycles. The third-order valence-corrected chi connectivity index (χ3v) is 7.55. The quantitative estimate of drug-likeness (QED) is 0.756. The van der Waals surface area contributed by atoms with E-state index in [0.717, 1.165) is 49.1 Å². The van der Waals surface area contributed by atoms with Crippen LogP contribution in [0.2, 0.25) is 5.02 Å². The lowest BCUT2D eigenvalue weighted by Crippen LogP contribution is -2.70. The Labute approximate surface area is 183 Å². The van der Waals surface area contributed by atoms with Gasteiger partial charge in [0.25, 0.3) is 0 Å². The van der Waals surface area contributed by atoms with Crippen LogP contribution in [0, 0.1) is 0 Å². The topological polar surface area (TPSA) is 86.8 Å². The molecule has 0 bridgehead atoms. The molecule has 1 atom stereocenters. The number of nitrogens with one attached hydrogen (secondary N) is 1. The molecule has 1 aliphatic heterocycles. The summed E-state index contributed by atoms with van der Waals surface area (Å²) in [5, 5.41) is 3.45. The summed E-state index contributed by atoms with van der Waals surface area (Å²) < 4.78 is 25.5. The van der Waals surface area contributed by atoms with Gasteiger partial charge in [0.15, 0.2) is 0 Å². The molecule has 0 unspecified atom stereocenters. The van der Waals surface area contributed by atoms with Crippen LogP contribution in [0.1, 0.15) is 51.9 Å². The highest BCUT2D eigenvalue weighted by Crippen LogP contribution is 2.35. The summed E-state index contributed by atoms with van der Waals surface area (Å²) in [5.74, 6) is -0.829. The van der Waals surface area contributed by atoms with E-state index >= 15 is 0 Å². The molecule has 0 spiro atoms. The first-order chi connectivity index (χ1) is 14.1. The molecule has 0 radical (unpaired) electrons. The molecular weight excluding hydrogens is 426 g/mol. The molecule has 0 aromatic heterocycles. The van der Waals surface area contributed by atoms with E-state index in [4.69, 9.17) is 11.6 Å². The molecule has 7 nitrogen and oxygen atoms in total. The van der Waals surface area contributed by atoms with Crippen molar-refractivity contribution in [3.8, 4) is 0 Å². The summed E-state index contributed by atoms with van der Waals surface area (Å²) in [6.07, 6.45) is 8.43. The second-order valence-corrected chi connectivity index (χ2v) is 10.9. The number of carbonyl (C=O) groups is 2. The van der Waals surface area contributed by atoms with E-state index in [1.165, 1.54) is 11.3 Å². The highest BCUT2D eigenvalue weighted by Gasteiger charge is 2.51. The zero-order chi connectivity index (χ0) is 21.9. The van der Waals surface area contributed by atoms with Gasteiger partial charge in [-0.25, -0.2) is 8.42 Å². The standard InChI is InChI=1S/C21H30ClN3O4S/c1-21(20(27)23-16-10-6-4-3-5-7-11-16)15-24(30(2,28)29)14-19(26)25(21)18-13-9-8-12-17(18)22/h8-9,12-13,16H,3-7,10-11,14-15H2,1-2H3,(H,23,27)/t21-/m1/s1. The minimum atomic E-state index is -3.65. The van der Waals surface area contributed by atoms with E-state index in [-0.39, 0.29) is 25.0 Å². The van der Waals surface area contributed by atoms with Crippen molar-refractivity contribution in [2.75, 3.05) is 24.2 Å². The summed E-state index contributed by atoms with van der Waals surface area (Å²) in [6.45, 7) is 1.17. The Kier molecular flexibility index (Phi) is 7.09. The van der Waals surface area contributed by atoms with E-state index in [2.05, 4.69) is 5.32 Å². The van der Waals surface area contributed by atoms with Crippen molar-refractivity contribution < 1.29 is 18.0 Å². The number of benzene rings is 1. The fourth-order valence-corrected chi connectivity index (χ4v) is 5.40. The van der Waals surface area contributed by atoms with Crippen molar-refractivity contribution in [2.24, 2.45) is 0 Å². The Balaban J connectivity index is 1.95. The first kappa shape index (κ1) is 23.0. The van der Waals surface area contributed by atoms with Crippen molar-refractivity contribution >= 4 is 39.1 Å². The first-order valence-electron chi connectivity index (χ1n) is 10.5. The number of para-hydroxylation sites is 1. The van der Waals surface area contributed by atoms with Crippen molar-refractivity contribution in [1.29, 1.82) is 0 Å². The van der Waals surface area contributed by atoms with Gasteiger partial charge in [-0.05, 0) is 31.9 Å². The van der Waals surface area contributed by atoms with Crippen LogP contribution in [-0.4, -0.2) is 55.5 Å². The van der Waals surface area contributed by atoms with Crippen molar-refractivity contribution in [1.82, 2.24) is 9.62 Å². The fraction of sp³-hybridized carbons (Fsp3) is 0.619. The number of halogens is 1. The van der Waals surface area contributed by atoms with Gasteiger partial charge in [-0.1, -0.05) is 55.8 Å². The largest absolute Gasteiger partial charge is 0.351 e. The molecule has 1 saturated heterocycles. The maximum absolute atomic E-state index is 13.5. The highest BCUT2D eigenvalue weighted by atomic mass is 35.5. The maximum atomic E-state index is 13.5. The minimum absolute atomic E-state index is 0.0198. The molecule has 2 aliphatic rings. The predicted octanol–water partition coefficient (Wildman–Crippen LogP) is 2.94. The van der Waals surface area contributed by atoms with Gasteiger partial charge in [-0.3, -0.25) is 14.5 Å². The van der Waals surface area contributed by atoms with Crippen LogP contribution >= 0.6 is 11.6 Å². The van der Waals surface area contributed by atoms with Crippen LogP contribution in [-0.2, 0) is 19.6 Å².